The molecule has 0 aromatic heterocycles. The molecule has 0 saturated carbocycles. The van der Waals surface area contributed by atoms with E-state index in [0.29, 0.717) is 5.92 Å². The molecular formula is C16H24N2O. The smallest absolute Gasteiger partial charge is 0.315 e. The van der Waals surface area contributed by atoms with Crippen molar-refractivity contribution < 1.29 is 4.79 Å². The van der Waals surface area contributed by atoms with Crippen molar-refractivity contribution in [2.75, 3.05) is 0 Å². The molecule has 0 fully saturated rings. The van der Waals surface area contributed by atoms with Crippen LogP contribution < -0.4 is 10.6 Å². The number of rotatable bonds is 3. The summed E-state index contributed by atoms with van der Waals surface area (Å²) in [5.41, 5.74) is 2.65. The molecular weight excluding hydrogens is 236 g/mol. The number of carbonyl (C=O) groups is 1. The van der Waals surface area contributed by atoms with Crippen LogP contribution in [0.1, 0.15) is 50.8 Å². The number of fused-ring (bicyclic) bond motifs is 1. The second kappa shape index (κ2) is 6.09. The van der Waals surface area contributed by atoms with Crippen molar-refractivity contribution in [3.05, 3.63) is 35.4 Å². The van der Waals surface area contributed by atoms with Gasteiger partial charge in [0, 0.05) is 6.04 Å². The Hall–Kier alpha value is -1.51. The minimum absolute atomic E-state index is 0.0529. The average Bonchev–Trinajstić information content (AvgIpc) is 2.39. The van der Waals surface area contributed by atoms with E-state index in [1.807, 2.05) is 13.0 Å². The predicted molar refractivity (Wildman–Crippen MR) is 78.1 cm³/mol. The van der Waals surface area contributed by atoms with Crippen LogP contribution in [0.2, 0.25) is 0 Å². The summed E-state index contributed by atoms with van der Waals surface area (Å²) in [7, 11) is 0. The number of hydrogen-bond acceptors (Lipinski definition) is 1. The summed E-state index contributed by atoms with van der Waals surface area (Å²) in [5, 5.41) is 6.12. The van der Waals surface area contributed by atoms with Crippen molar-refractivity contribution in [1.29, 1.82) is 0 Å². The van der Waals surface area contributed by atoms with E-state index < -0.39 is 0 Å². The number of urea groups is 1. The van der Waals surface area contributed by atoms with Gasteiger partial charge in [-0.1, -0.05) is 38.1 Å². The molecule has 2 unspecified atom stereocenters. The second-order valence-corrected chi connectivity index (χ2v) is 5.79. The van der Waals surface area contributed by atoms with E-state index in [0.717, 1.165) is 19.3 Å². The molecule has 0 radical (unpaired) electrons. The van der Waals surface area contributed by atoms with Crippen molar-refractivity contribution in [2.45, 2.75) is 52.1 Å². The van der Waals surface area contributed by atoms with Crippen LogP contribution in [0, 0.1) is 5.92 Å². The monoisotopic (exact) mass is 260 g/mol. The molecule has 3 heteroatoms. The number of hydrogen-bond donors (Lipinski definition) is 2. The van der Waals surface area contributed by atoms with E-state index in [-0.39, 0.29) is 18.1 Å². The molecule has 1 aromatic rings. The van der Waals surface area contributed by atoms with Gasteiger partial charge in [0.25, 0.3) is 0 Å². The van der Waals surface area contributed by atoms with Crippen LogP contribution in [0.4, 0.5) is 4.79 Å². The molecule has 19 heavy (non-hydrogen) atoms. The van der Waals surface area contributed by atoms with Gasteiger partial charge >= 0.3 is 6.03 Å². The molecule has 3 nitrogen and oxygen atoms in total. The maximum Gasteiger partial charge on any atom is 0.315 e. The topological polar surface area (TPSA) is 41.1 Å². The van der Waals surface area contributed by atoms with E-state index in [1.54, 1.807) is 0 Å². The zero-order valence-electron chi connectivity index (χ0n) is 12.1. The van der Waals surface area contributed by atoms with Gasteiger partial charge in [0.2, 0.25) is 0 Å². The molecule has 1 aromatic carbocycles. The Balaban J connectivity index is 1.99. The first-order valence-corrected chi connectivity index (χ1v) is 7.22. The third-order valence-electron chi connectivity index (χ3n) is 4.03. The highest BCUT2D eigenvalue weighted by Crippen LogP contribution is 2.29. The van der Waals surface area contributed by atoms with Crippen LogP contribution in [0.15, 0.2) is 24.3 Å². The third-order valence-corrected chi connectivity index (χ3v) is 4.03. The molecule has 2 amide bonds. The summed E-state index contributed by atoms with van der Waals surface area (Å²) >= 11 is 0. The SMILES string of the molecule is CC(C)C(C)NC(=O)NC1CCCc2ccccc21. The number of aryl methyl sites for hydroxylation is 1. The summed E-state index contributed by atoms with van der Waals surface area (Å²) in [6.07, 6.45) is 3.29. The zero-order chi connectivity index (χ0) is 13.8. The quantitative estimate of drug-likeness (QED) is 0.859. The Bertz CT molecular complexity index is 442. The lowest BCUT2D eigenvalue weighted by molar-refractivity contribution is 0.229. The van der Waals surface area contributed by atoms with Gasteiger partial charge in [-0.25, -0.2) is 4.79 Å². The highest BCUT2D eigenvalue weighted by molar-refractivity contribution is 5.74. The third kappa shape index (κ3) is 3.49. The van der Waals surface area contributed by atoms with Crippen molar-refractivity contribution in [1.82, 2.24) is 10.6 Å². The van der Waals surface area contributed by atoms with Gasteiger partial charge in [-0.3, -0.25) is 0 Å². The Morgan fingerprint density at radius 3 is 2.74 bits per heavy atom. The second-order valence-electron chi connectivity index (χ2n) is 5.79. The van der Waals surface area contributed by atoms with Gasteiger partial charge in [-0.05, 0) is 43.2 Å². The lowest BCUT2D eigenvalue weighted by Gasteiger charge is -2.27. The maximum absolute atomic E-state index is 12.0. The fourth-order valence-electron chi connectivity index (χ4n) is 2.48. The maximum atomic E-state index is 12.0. The van der Waals surface area contributed by atoms with Gasteiger partial charge in [0.1, 0.15) is 0 Å². The fraction of sp³-hybridized carbons (Fsp3) is 0.562. The molecule has 0 heterocycles. The van der Waals surface area contributed by atoms with Crippen LogP contribution in [0.5, 0.6) is 0 Å². The Kier molecular flexibility index (Phi) is 4.46. The van der Waals surface area contributed by atoms with Crippen molar-refractivity contribution in [2.24, 2.45) is 5.92 Å². The minimum Gasteiger partial charge on any atom is -0.335 e. The number of benzene rings is 1. The van der Waals surface area contributed by atoms with E-state index >= 15 is 0 Å². The highest BCUT2D eigenvalue weighted by Gasteiger charge is 2.22. The Labute approximate surface area is 115 Å². The molecule has 104 valence electrons. The Morgan fingerprint density at radius 2 is 2.00 bits per heavy atom. The Morgan fingerprint density at radius 1 is 1.26 bits per heavy atom. The first kappa shape index (κ1) is 13.9. The lowest BCUT2D eigenvalue weighted by Crippen LogP contribution is -2.44. The van der Waals surface area contributed by atoms with Gasteiger partial charge in [-0.2, -0.15) is 0 Å². The van der Waals surface area contributed by atoms with Gasteiger partial charge in [-0.15, -0.1) is 0 Å². The molecule has 1 aliphatic carbocycles. The molecule has 0 saturated heterocycles. The molecule has 0 aliphatic heterocycles. The van der Waals surface area contributed by atoms with E-state index in [4.69, 9.17) is 0 Å². The van der Waals surface area contributed by atoms with E-state index in [2.05, 4.69) is 42.7 Å². The summed E-state index contributed by atoms with van der Waals surface area (Å²) in [6.45, 7) is 6.26. The van der Waals surface area contributed by atoms with Gasteiger partial charge in [0.05, 0.1) is 6.04 Å². The molecule has 2 rings (SSSR count). The lowest BCUT2D eigenvalue weighted by atomic mass is 9.88. The van der Waals surface area contributed by atoms with Gasteiger partial charge < -0.3 is 10.6 Å². The van der Waals surface area contributed by atoms with Crippen LogP contribution in [-0.2, 0) is 6.42 Å². The summed E-state index contributed by atoms with van der Waals surface area (Å²) < 4.78 is 0. The largest absolute Gasteiger partial charge is 0.335 e. The number of amides is 2. The highest BCUT2D eigenvalue weighted by atomic mass is 16.2. The molecule has 2 N–H and O–H groups in total. The summed E-state index contributed by atoms with van der Waals surface area (Å²) in [5.74, 6) is 0.449. The minimum atomic E-state index is -0.0529. The first-order valence-electron chi connectivity index (χ1n) is 7.22. The van der Waals surface area contributed by atoms with Crippen LogP contribution in [-0.4, -0.2) is 12.1 Å². The van der Waals surface area contributed by atoms with Crippen LogP contribution in [0.3, 0.4) is 0 Å². The van der Waals surface area contributed by atoms with Crippen molar-refractivity contribution >= 4 is 6.03 Å². The standard InChI is InChI=1S/C16H24N2O/c1-11(2)12(3)17-16(19)18-15-10-6-8-13-7-4-5-9-14(13)15/h4-5,7,9,11-12,15H,6,8,10H2,1-3H3,(H2,17,18,19). The van der Waals surface area contributed by atoms with Crippen molar-refractivity contribution in [3.8, 4) is 0 Å². The fourth-order valence-corrected chi connectivity index (χ4v) is 2.48. The summed E-state index contributed by atoms with van der Waals surface area (Å²) in [4.78, 5) is 12.0. The van der Waals surface area contributed by atoms with Crippen LogP contribution >= 0.6 is 0 Å². The van der Waals surface area contributed by atoms with Crippen LogP contribution in [0.25, 0.3) is 0 Å². The van der Waals surface area contributed by atoms with Gasteiger partial charge in [0.15, 0.2) is 0 Å². The number of nitrogens with one attached hydrogen (secondary N) is 2. The zero-order valence-corrected chi connectivity index (χ0v) is 12.1. The molecule has 0 bridgehead atoms. The normalized spacial score (nSPS) is 19.7. The average molecular weight is 260 g/mol. The van der Waals surface area contributed by atoms with E-state index in [1.165, 1.54) is 11.1 Å². The van der Waals surface area contributed by atoms with Crippen molar-refractivity contribution in [3.63, 3.8) is 0 Å². The predicted octanol–water partition coefficient (Wildman–Crippen LogP) is 3.41. The number of carbonyl (C=O) groups excluding carboxylic acids is 1. The summed E-state index contributed by atoms with van der Waals surface area (Å²) in [6, 6.07) is 8.71. The molecule has 1 aliphatic rings. The molecule has 0 spiro atoms. The first-order chi connectivity index (χ1) is 9.08. The van der Waals surface area contributed by atoms with E-state index in [9.17, 15) is 4.79 Å². The molecule has 2 atom stereocenters.